The second-order valence-electron chi connectivity index (χ2n) is 11.4. The lowest BCUT2D eigenvalue weighted by Crippen LogP contribution is -2.58. The van der Waals surface area contributed by atoms with Gasteiger partial charge in [-0.1, -0.05) is 33.9 Å². The minimum Gasteiger partial charge on any atom is -0.497 e. The number of halogens is 5. The second-order valence-corrected chi connectivity index (χ2v) is 15.8. The number of ether oxygens (including phenoxy) is 1. The van der Waals surface area contributed by atoms with E-state index in [-0.39, 0.29) is 80.5 Å². The first kappa shape index (κ1) is 43.7. The van der Waals surface area contributed by atoms with E-state index in [1.165, 1.54) is 11.4 Å². The third-order valence-electron chi connectivity index (χ3n) is 9.04. The molecule has 0 spiro atoms. The van der Waals surface area contributed by atoms with Gasteiger partial charge in [-0.3, -0.25) is 0 Å². The number of fused-ring (bicyclic) bond motifs is 1. The summed E-state index contributed by atoms with van der Waals surface area (Å²) in [6.07, 6.45) is -4.87. The number of hydrogen-bond donors (Lipinski definition) is 0. The zero-order valence-electron chi connectivity index (χ0n) is 25.0. The van der Waals surface area contributed by atoms with E-state index in [2.05, 4.69) is 0 Å². The van der Waals surface area contributed by atoms with E-state index in [4.69, 9.17) is 4.74 Å². The highest BCUT2D eigenvalue weighted by atomic mass is 32.2. The highest BCUT2D eigenvalue weighted by Crippen LogP contribution is 2.54. The maximum Gasteiger partial charge on any atom is 0.416 e. The molecule has 0 radical (unpaired) electrons. The van der Waals surface area contributed by atoms with Gasteiger partial charge in [0.15, 0.2) is 9.84 Å². The second kappa shape index (κ2) is 16.1. The van der Waals surface area contributed by atoms with Gasteiger partial charge in [-0.2, -0.15) is 44.5 Å². The Bertz CT molecular complexity index is 1740. The molecule has 0 aromatic heterocycles. The van der Waals surface area contributed by atoms with Crippen LogP contribution in [0.15, 0.2) is 71.6 Å². The molecule has 1 saturated heterocycles. The van der Waals surface area contributed by atoms with Crippen molar-refractivity contribution in [2.45, 2.75) is 87.5 Å². The van der Waals surface area contributed by atoms with Crippen LogP contribution < -0.4 is 4.74 Å². The van der Waals surface area contributed by atoms with Crippen molar-refractivity contribution in [3.8, 4) is 5.75 Å². The largest absolute Gasteiger partial charge is 0.497 e. The molecule has 270 valence electrons. The van der Waals surface area contributed by atoms with Crippen LogP contribution in [0, 0.1) is 17.6 Å². The third-order valence-corrected chi connectivity index (χ3v) is 14.0. The Morgan fingerprint density at radius 3 is 2.10 bits per heavy atom. The van der Waals surface area contributed by atoms with Crippen molar-refractivity contribution in [1.29, 1.82) is 0 Å². The molecule has 6 nitrogen and oxygen atoms in total. The quantitative estimate of drug-likeness (QED) is 0.227. The van der Waals surface area contributed by atoms with Gasteiger partial charge >= 0.3 is 6.18 Å². The van der Waals surface area contributed by atoms with Crippen LogP contribution in [0.5, 0.6) is 5.75 Å². The molecule has 0 amide bonds. The molecule has 0 unspecified atom stereocenters. The number of hydrogen-bond acceptors (Lipinski definition) is 5. The van der Waals surface area contributed by atoms with Crippen LogP contribution in [-0.2, 0) is 37.3 Å². The molecule has 3 aromatic rings. The predicted molar refractivity (Wildman–Crippen MR) is 188 cm³/mol. The summed E-state index contributed by atoms with van der Waals surface area (Å²) in [5.41, 5.74) is -0.780. The number of sulfone groups is 1. The Morgan fingerprint density at radius 2 is 1.56 bits per heavy atom. The highest BCUT2D eigenvalue weighted by Gasteiger charge is 2.57. The van der Waals surface area contributed by atoms with E-state index in [0.29, 0.717) is 23.4 Å². The third kappa shape index (κ3) is 7.85. The van der Waals surface area contributed by atoms with Gasteiger partial charge in [0, 0.05) is 18.2 Å². The van der Waals surface area contributed by atoms with Gasteiger partial charge in [-0.05, 0) is 98.2 Å². The van der Waals surface area contributed by atoms with Gasteiger partial charge in [-0.25, -0.2) is 25.6 Å². The first-order chi connectivity index (χ1) is 20.6. The molecule has 1 aliphatic carbocycles. The molecule has 0 bridgehead atoms. The lowest BCUT2D eigenvalue weighted by molar-refractivity contribution is -0.137. The first-order valence-electron chi connectivity index (χ1n) is 14.1. The summed E-state index contributed by atoms with van der Waals surface area (Å²) in [6, 6.07) is 11.7. The monoisotopic (exact) mass is 757 g/mol. The van der Waals surface area contributed by atoms with Gasteiger partial charge in [0.25, 0.3) is 0 Å². The van der Waals surface area contributed by atoms with Gasteiger partial charge in [0.1, 0.15) is 22.1 Å². The molecule has 4 atom stereocenters. The minimum absolute atomic E-state index is 0. The Morgan fingerprint density at radius 1 is 0.958 bits per heavy atom. The van der Waals surface area contributed by atoms with Gasteiger partial charge < -0.3 is 4.74 Å². The summed E-state index contributed by atoms with van der Waals surface area (Å²) >= 11 is 0. The minimum atomic E-state index is -4.71. The van der Waals surface area contributed by atoms with Gasteiger partial charge in [0.2, 0.25) is 10.0 Å². The highest BCUT2D eigenvalue weighted by molar-refractivity contribution is 7.92. The fourth-order valence-electron chi connectivity index (χ4n) is 6.76. The fourth-order valence-corrected chi connectivity index (χ4v) is 11.3. The molecule has 0 N–H and O–H groups in total. The Labute approximate surface area is 294 Å². The topological polar surface area (TPSA) is 80.8 Å². The molecule has 1 heterocycles. The summed E-state index contributed by atoms with van der Waals surface area (Å²) < 4.78 is 131. The molecule has 5 rings (SSSR count). The SMILES string of the molecule is C.C.CC[C@@H]1C[C@H]2C[C@@](c3cc(F)ccc3F)(S(=O)(=O)c3ccc(C(F)(F)F)cc3)CC[C@H]2N(Cc2ccc(OC)cc2)S1(=O)=O.S.S. The van der Waals surface area contributed by atoms with Crippen LogP contribution >= 0.6 is 27.0 Å². The van der Waals surface area contributed by atoms with Crippen LogP contribution in [0.4, 0.5) is 22.0 Å². The summed E-state index contributed by atoms with van der Waals surface area (Å²) in [7, 11) is -6.92. The summed E-state index contributed by atoms with van der Waals surface area (Å²) in [5, 5.41) is -0.844. The molecule has 1 saturated carbocycles. The molecule has 1 aliphatic heterocycles. The number of alkyl halides is 3. The van der Waals surface area contributed by atoms with Crippen molar-refractivity contribution in [1.82, 2.24) is 4.31 Å². The Hall–Kier alpha value is -2.33. The first-order valence-corrected chi connectivity index (χ1v) is 17.1. The zero-order valence-corrected chi connectivity index (χ0v) is 28.7. The Kier molecular flexibility index (Phi) is 14.7. The molecule has 48 heavy (non-hydrogen) atoms. The number of methoxy groups -OCH3 is 1. The van der Waals surface area contributed by atoms with Crippen molar-refractivity contribution in [3.63, 3.8) is 0 Å². The molecule has 15 heteroatoms. The summed E-state index contributed by atoms with van der Waals surface area (Å²) in [6.45, 7) is 1.74. The van der Waals surface area contributed by atoms with Crippen LogP contribution in [0.2, 0.25) is 0 Å². The van der Waals surface area contributed by atoms with Gasteiger partial charge in [-0.15, -0.1) is 0 Å². The summed E-state index contributed by atoms with van der Waals surface area (Å²) in [4.78, 5) is -0.460. The average molecular weight is 758 g/mol. The maximum atomic E-state index is 15.5. The molecular weight excluding hydrogens is 714 g/mol. The van der Waals surface area contributed by atoms with Crippen LogP contribution in [0.25, 0.3) is 0 Å². The number of nitrogens with zero attached hydrogens (tertiary/aromatic N) is 1. The predicted octanol–water partition coefficient (Wildman–Crippen LogP) is 8.34. The lowest BCUT2D eigenvalue weighted by atomic mass is 9.72. The van der Waals surface area contributed by atoms with Crippen molar-refractivity contribution in [2.24, 2.45) is 5.92 Å². The average Bonchev–Trinajstić information content (AvgIpc) is 2.99. The zero-order chi connectivity index (χ0) is 32.1. The molecule has 3 aromatic carbocycles. The lowest BCUT2D eigenvalue weighted by Gasteiger charge is -2.51. The van der Waals surface area contributed by atoms with E-state index in [0.717, 1.165) is 30.3 Å². The number of benzene rings is 3. The molecular formula is C33H44F5NO5S4. The van der Waals surface area contributed by atoms with E-state index >= 15 is 4.39 Å². The van der Waals surface area contributed by atoms with Crippen molar-refractivity contribution >= 4 is 46.9 Å². The van der Waals surface area contributed by atoms with Crippen LogP contribution in [-0.4, -0.2) is 39.5 Å². The van der Waals surface area contributed by atoms with Crippen molar-refractivity contribution < 1.29 is 43.5 Å². The molecule has 2 aliphatic rings. The van der Waals surface area contributed by atoms with E-state index in [9.17, 15) is 34.4 Å². The van der Waals surface area contributed by atoms with E-state index in [1.54, 1.807) is 31.2 Å². The molecule has 2 fully saturated rings. The van der Waals surface area contributed by atoms with Crippen molar-refractivity contribution in [2.75, 3.05) is 7.11 Å². The summed E-state index contributed by atoms with van der Waals surface area (Å²) in [5.74, 6) is -1.81. The normalized spacial score (nSPS) is 23.6. The number of rotatable bonds is 7. The smallest absolute Gasteiger partial charge is 0.416 e. The van der Waals surface area contributed by atoms with Crippen LogP contribution in [0.1, 0.15) is 70.6 Å². The fraction of sp³-hybridized carbons (Fsp3) is 0.455. The van der Waals surface area contributed by atoms with E-state index in [1.807, 2.05) is 0 Å². The van der Waals surface area contributed by atoms with Crippen LogP contribution in [0.3, 0.4) is 0 Å². The Balaban J connectivity index is 0.00000288. The van der Waals surface area contributed by atoms with Gasteiger partial charge in [0.05, 0.1) is 22.8 Å². The number of sulfonamides is 1. The van der Waals surface area contributed by atoms with Crippen molar-refractivity contribution in [3.05, 3.63) is 95.1 Å². The maximum absolute atomic E-state index is 15.5. The standard InChI is InChI=1S/C31H32F5NO5S2.2CH4.2H2S/c1-3-25-16-21-18-30(27-17-23(32)8-13-28(27)33,43(38,39)26-11-6-22(7-12-26)31(34,35)36)15-14-29(21)37(44(25,40)41)19-20-4-9-24(42-2)10-5-20;;;;/h4-13,17,21,25,29H,3,14-16,18-19H2,1-2H3;2*1H4;2*1H2/t21-,25+,29+,30-;;;;/m0..../s1. The van der Waals surface area contributed by atoms with E-state index < -0.39 is 75.7 Å².